The van der Waals surface area contributed by atoms with Gasteiger partial charge in [-0.3, -0.25) is 0 Å². The lowest BCUT2D eigenvalue weighted by Crippen LogP contribution is -2.18. The smallest absolute Gasteiger partial charge is 0.124 e. The number of allylic oxidation sites excluding steroid dienone is 2. The van der Waals surface area contributed by atoms with E-state index in [4.69, 9.17) is 16.5 Å². The molecule has 1 aromatic heterocycles. The highest BCUT2D eigenvalue weighted by Gasteiger charge is 2.33. The molecule has 0 bridgehead atoms. The first-order valence-electron chi connectivity index (χ1n) is 8.70. The molecule has 0 spiro atoms. The van der Waals surface area contributed by atoms with E-state index in [1.807, 2.05) is 67.5 Å². The van der Waals surface area contributed by atoms with Crippen molar-refractivity contribution in [3.8, 4) is 6.07 Å². The Morgan fingerprint density at radius 2 is 1.75 bits per heavy atom. The third-order valence-corrected chi connectivity index (χ3v) is 6.67. The van der Waals surface area contributed by atoms with Crippen molar-refractivity contribution in [1.82, 2.24) is 4.98 Å². The highest BCUT2D eigenvalue weighted by atomic mass is 32.2. The lowest BCUT2D eigenvalue weighted by atomic mass is 9.85. The minimum Gasteiger partial charge on any atom is -0.393 e. The molecule has 2 aromatic carbocycles. The second-order valence-electron chi connectivity index (χ2n) is 6.68. The number of thioether (sulfide) groups is 1. The summed E-state index contributed by atoms with van der Waals surface area (Å²) in [6.45, 7) is 0. The number of fused-ring (bicyclic) bond motifs is 1. The summed E-state index contributed by atoms with van der Waals surface area (Å²) in [5, 5.41) is 11.7. The lowest BCUT2D eigenvalue weighted by Gasteiger charge is -2.26. The molecule has 0 amide bonds. The fourth-order valence-corrected chi connectivity index (χ4v) is 5.25. The number of nitrogens with two attached hydrogens (primary N) is 2. The number of para-hydroxylation sites is 1. The average Bonchev–Trinajstić information content (AvgIpc) is 3.11. The van der Waals surface area contributed by atoms with Crippen molar-refractivity contribution in [1.29, 1.82) is 5.26 Å². The van der Waals surface area contributed by atoms with Crippen molar-refractivity contribution in [2.45, 2.75) is 5.92 Å². The number of hydrogen-bond acceptors (Lipinski definition) is 7. The van der Waals surface area contributed by atoms with Crippen LogP contribution in [-0.4, -0.2) is 19.1 Å². The van der Waals surface area contributed by atoms with Gasteiger partial charge in [-0.1, -0.05) is 36.0 Å². The van der Waals surface area contributed by atoms with Gasteiger partial charge in [0.2, 0.25) is 0 Å². The van der Waals surface area contributed by atoms with E-state index in [-0.39, 0.29) is 5.92 Å². The maximum atomic E-state index is 9.84. The Bertz CT molecular complexity index is 1120. The third kappa shape index (κ3) is 3.11. The standard InChI is InChI=1S/C21H19N5S2/c1-26(2)13-9-7-12(8-10-13)17-14(11-22)19(23)28-20(24)18(17)21-25-15-5-3-4-6-16(15)27-21/h3-10,17H,23-24H2,1-2H3/t17-/m0/s1. The van der Waals surface area contributed by atoms with Crippen molar-refractivity contribution < 1.29 is 0 Å². The molecule has 28 heavy (non-hydrogen) atoms. The highest BCUT2D eigenvalue weighted by Crippen LogP contribution is 2.49. The number of nitriles is 1. The summed E-state index contributed by atoms with van der Waals surface area (Å²) in [6.07, 6.45) is 0. The van der Waals surface area contributed by atoms with Crippen LogP contribution in [0.25, 0.3) is 15.8 Å². The Balaban J connectivity index is 1.89. The van der Waals surface area contributed by atoms with Crippen LogP contribution >= 0.6 is 23.1 Å². The first kappa shape index (κ1) is 18.4. The number of rotatable bonds is 3. The van der Waals surface area contributed by atoms with Gasteiger partial charge in [0, 0.05) is 25.4 Å². The van der Waals surface area contributed by atoms with Crippen LogP contribution in [-0.2, 0) is 0 Å². The quantitative estimate of drug-likeness (QED) is 0.678. The molecule has 0 saturated heterocycles. The van der Waals surface area contributed by atoms with Gasteiger partial charge in [0.25, 0.3) is 0 Å². The summed E-state index contributed by atoms with van der Waals surface area (Å²) in [6, 6.07) is 18.4. The van der Waals surface area contributed by atoms with E-state index in [0.717, 1.165) is 32.0 Å². The van der Waals surface area contributed by atoms with Crippen LogP contribution in [0, 0.1) is 11.3 Å². The Labute approximate surface area is 172 Å². The number of thiazole rings is 1. The summed E-state index contributed by atoms with van der Waals surface area (Å²) >= 11 is 2.83. The van der Waals surface area contributed by atoms with E-state index in [1.54, 1.807) is 11.3 Å². The van der Waals surface area contributed by atoms with Gasteiger partial charge in [-0.05, 0) is 29.8 Å². The predicted octanol–water partition coefficient (Wildman–Crippen LogP) is 4.21. The Hall–Kier alpha value is -2.95. The monoisotopic (exact) mass is 405 g/mol. The molecule has 5 nitrogen and oxygen atoms in total. The lowest BCUT2D eigenvalue weighted by molar-refractivity contribution is 1.02. The van der Waals surface area contributed by atoms with Gasteiger partial charge in [-0.2, -0.15) is 5.26 Å². The van der Waals surface area contributed by atoms with E-state index < -0.39 is 0 Å². The van der Waals surface area contributed by atoms with E-state index >= 15 is 0 Å². The number of hydrogen-bond donors (Lipinski definition) is 2. The molecule has 3 aromatic rings. The summed E-state index contributed by atoms with van der Waals surface area (Å²) in [5.41, 5.74) is 17.0. The van der Waals surface area contributed by atoms with Crippen LogP contribution in [0.1, 0.15) is 16.5 Å². The van der Waals surface area contributed by atoms with E-state index in [1.165, 1.54) is 11.8 Å². The summed E-state index contributed by atoms with van der Waals surface area (Å²) in [7, 11) is 3.99. The molecule has 4 rings (SSSR count). The SMILES string of the molecule is CN(C)c1ccc([C@H]2C(C#N)=C(N)SC(N)=C2c2nc3ccccc3s2)cc1. The van der Waals surface area contributed by atoms with E-state index in [9.17, 15) is 5.26 Å². The van der Waals surface area contributed by atoms with Crippen molar-refractivity contribution >= 4 is 44.6 Å². The highest BCUT2D eigenvalue weighted by molar-refractivity contribution is 8.06. The number of nitrogens with zero attached hydrogens (tertiary/aromatic N) is 3. The van der Waals surface area contributed by atoms with Crippen LogP contribution in [0.2, 0.25) is 0 Å². The molecule has 0 fully saturated rings. The van der Waals surface area contributed by atoms with Gasteiger partial charge in [0.05, 0.1) is 37.8 Å². The molecule has 0 radical (unpaired) electrons. The van der Waals surface area contributed by atoms with Crippen molar-refractivity contribution in [3.05, 3.63) is 74.7 Å². The Morgan fingerprint density at radius 3 is 2.39 bits per heavy atom. The van der Waals surface area contributed by atoms with Crippen LogP contribution in [0.4, 0.5) is 5.69 Å². The molecule has 7 heteroatoms. The molecular formula is C21H19N5S2. The maximum Gasteiger partial charge on any atom is 0.124 e. The predicted molar refractivity (Wildman–Crippen MR) is 119 cm³/mol. The van der Waals surface area contributed by atoms with Crippen LogP contribution in [0.3, 0.4) is 0 Å². The van der Waals surface area contributed by atoms with Crippen LogP contribution in [0.15, 0.2) is 64.2 Å². The maximum absolute atomic E-state index is 9.84. The molecule has 140 valence electrons. The first-order valence-corrected chi connectivity index (χ1v) is 10.3. The molecule has 4 N–H and O–H groups in total. The summed E-state index contributed by atoms with van der Waals surface area (Å²) < 4.78 is 1.09. The zero-order valence-electron chi connectivity index (χ0n) is 15.5. The third-order valence-electron chi connectivity index (χ3n) is 4.72. The Kier molecular flexibility index (Phi) is 4.75. The summed E-state index contributed by atoms with van der Waals surface area (Å²) in [4.78, 5) is 6.82. The zero-order valence-corrected chi connectivity index (χ0v) is 17.1. The first-order chi connectivity index (χ1) is 13.5. The average molecular weight is 406 g/mol. The normalized spacial score (nSPS) is 17.1. The van der Waals surface area contributed by atoms with Gasteiger partial charge in [0.15, 0.2) is 0 Å². The van der Waals surface area contributed by atoms with Crippen LogP contribution in [0.5, 0.6) is 0 Å². The molecule has 1 aliphatic heterocycles. The summed E-state index contributed by atoms with van der Waals surface area (Å²) in [5.74, 6) is -0.331. The topological polar surface area (TPSA) is 92.0 Å². The van der Waals surface area contributed by atoms with Crippen molar-refractivity contribution in [2.75, 3.05) is 19.0 Å². The van der Waals surface area contributed by atoms with Gasteiger partial charge in [0.1, 0.15) is 5.01 Å². The fourth-order valence-electron chi connectivity index (χ4n) is 3.29. The Morgan fingerprint density at radius 1 is 1.04 bits per heavy atom. The van der Waals surface area contributed by atoms with Gasteiger partial charge < -0.3 is 16.4 Å². The van der Waals surface area contributed by atoms with Gasteiger partial charge >= 0.3 is 0 Å². The van der Waals surface area contributed by atoms with Crippen molar-refractivity contribution in [3.63, 3.8) is 0 Å². The minimum atomic E-state index is -0.331. The van der Waals surface area contributed by atoms with Gasteiger partial charge in [-0.15, -0.1) is 11.3 Å². The number of aromatic nitrogens is 1. The van der Waals surface area contributed by atoms with Gasteiger partial charge in [-0.25, -0.2) is 4.98 Å². The molecule has 0 saturated carbocycles. The molecule has 1 aliphatic rings. The van der Waals surface area contributed by atoms with Crippen LogP contribution < -0.4 is 16.4 Å². The zero-order chi connectivity index (χ0) is 19.8. The molecule has 0 unspecified atom stereocenters. The molecular weight excluding hydrogens is 386 g/mol. The molecule has 2 heterocycles. The second-order valence-corrected chi connectivity index (χ2v) is 8.79. The van der Waals surface area contributed by atoms with Crippen molar-refractivity contribution in [2.24, 2.45) is 11.5 Å². The molecule has 1 atom stereocenters. The number of anilines is 1. The number of benzene rings is 2. The largest absolute Gasteiger partial charge is 0.393 e. The second kappa shape index (κ2) is 7.23. The fraction of sp³-hybridized carbons (Fsp3) is 0.143. The van der Waals surface area contributed by atoms with E-state index in [0.29, 0.717) is 15.6 Å². The molecule has 0 aliphatic carbocycles. The van der Waals surface area contributed by atoms with E-state index in [2.05, 4.69) is 6.07 Å². The minimum absolute atomic E-state index is 0.331.